The Bertz CT molecular complexity index is 594. The number of halogens is 2. The van der Waals surface area contributed by atoms with Crippen LogP contribution in [-0.2, 0) is 20.7 Å². The summed E-state index contributed by atoms with van der Waals surface area (Å²) in [5, 5.41) is 15.4. The van der Waals surface area contributed by atoms with Gasteiger partial charge in [0, 0.05) is 24.3 Å². The van der Waals surface area contributed by atoms with Gasteiger partial charge in [0.05, 0.1) is 18.7 Å². The van der Waals surface area contributed by atoms with E-state index in [0.29, 0.717) is 15.9 Å². The second-order valence-corrected chi connectivity index (χ2v) is 5.29. The van der Waals surface area contributed by atoms with Crippen LogP contribution in [0.2, 0.25) is 0 Å². The topological polar surface area (TPSA) is 93.5 Å². The molecule has 2 heterocycles. The second-order valence-electron chi connectivity index (χ2n) is 5.29. The van der Waals surface area contributed by atoms with Crippen LogP contribution in [0.1, 0.15) is 29.9 Å². The molecule has 2 rings (SSSR count). The maximum absolute atomic E-state index is 12.8. The molecule has 0 spiro atoms. The molecule has 1 fully saturated rings. The number of hydrogen-bond acceptors (Lipinski definition) is 4. The van der Waals surface area contributed by atoms with Crippen molar-refractivity contribution in [2.75, 3.05) is 13.2 Å². The minimum atomic E-state index is -2.79. The summed E-state index contributed by atoms with van der Waals surface area (Å²) in [4.78, 5) is 23.4. The van der Waals surface area contributed by atoms with Crippen LogP contribution in [0.25, 0.3) is 0 Å². The van der Waals surface area contributed by atoms with Gasteiger partial charge in [-0.25, -0.2) is 9.48 Å². The Morgan fingerprint density at radius 2 is 2.18 bits per heavy atom. The lowest BCUT2D eigenvalue weighted by atomic mass is 9.98. The fourth-order valence-electron chi connectivity index (χ4n) is 2.50. The molecule has 0 bridgehead atoms. The summed E-state index contributed by atoms with van der Waals surface area (Å²) < 4.78 is 31.1. The molecule has 122 valence electrons. The summed E-state index contributed by atoms with van der Waals surface area (Å²) in [5.74, 6) is -1.73. The van der Waals surface area contributed by atoms with Crippen molar-refractivity contribution >= 4 is 11.9 Å². The molecule has 1 aromatic rings. The second kappa shape index (κ2) is 5.99. The van der Waals surface area contributed by atoms with E-state index < -0.39 is 24.0 Å². The smallest absolute Gasteiger partial charge is 0.333 e. The number of aliphatic carboxylic acids is 1. The zero-order valence-corrected chi connectivity index (χ0v) is 12.2. The number of alkyl halides is 2. The van der Waals surface area contributed by atoms with Gasteiger partial charge in [0.2, 0.25) is 5.91 Å². The number of amides is 1. The Morgan fingerprint density at radius 3 is 2.64 bits per heavy atom. The van der Waals surface area contributed by atoms with E-state index in [1.54, 1.807) is 0 Å². The van der Waals surface area contributed by atoms with Gasteiger partial charge in [0.1, 0.15) is 0 Å². The lowest BCUT2D eigenvalue weighted by Gasteiger charge is -2.23. The third-order valence-corrected chi connectivity index (χ3v) is 3.81. The van der Waals surface area contributed by atoms with Gasteiger partial charge in [-0.2, -0.15) is 13.9 Å². The Kier molecular flexibility index (Phi) is 4.45. The van der Waals surface area contributed by atoms with Crippen LogP contribution in [0, 0.1) is 13.8 Å². The van der Waals surface area contributed by atoms with Crippen molar-refractivity contribution in [1.82, 2.24) is 15.1 Å². The van der Waals surface area contributed by atoms with Gasteiger partial charge in [-0.15, -0.1) is 0 Å². The van der Waals surface area contributed by atoms with E-state index >= 15 is 0 Å². The van der Waals surface area contributed by atoms with Gasteiger partial charge in [0.15, 0.2) is 5.54 Å². The van der Waals surface area contributed by atoms with Gasteiger partial charge in [-0.1, -0.05) is 0 Å². The SMILES string of the molecule is Cc1nn(C(F)F)c(C)c1CC(=O)NC1(C(=O)O)CCOC1. The highest BCUT2D eigenvalue weighted by molar-refractivity contribution is 5.88. The number of hydrogen-bond donors (Lipinski definition) is 2. The Hall–Kier alpha value is -2.03. The minimum Gasteiger partial charge on any atom is -0.479 e. The van der Waals surface area contributed by atoms with Crippen molar-refractivity contribution in [3.05, 3.63) is 17.0 Å². The standard InChI is InChI=1S/C13H17F2N3O4/c1-7-9(8(2)18(17-7)12(14)15)5-10(19)16-13(11(20)21)3-4-22-6-13/h12H,3-6H2,1-2H3,(H,16,19)(H,20,21). The molecule has 0 saturated carbocycles. The number of aryl methyl sites for hydroxylation is 1. The molecule has 0 aliphatic carbocycles. The Balaban J connectivity index is 2.14. The Labute approximate surface area is 125 Å². The fourth-order valence-corrected chi connectivity index (χ4v) is 2.50. The van der Waals surface area contributed by atoms with Gasteiger partial charge in [0.25, 0.3) is 0 Å². The number of aromatic nitrogens is 2. The normalized spacial score (nSPS) is 21.3. The largest absolute Gasteiger partial charge is 0.479 e. The molecule has 0 radical (unpaired) electrons. The molecule has 0 aromatic carbocycles. The molecule has 1 unspecified atom stereocenters. The van der Waals surface area contributed by atoms with Crippen molar-refractivity contribution in [1.29, 1.82) is 0 Å². The number of ether oxygens (including phenoxy) is 1. The summed E-state index contributed by atoms with van der Waals surface area (Å²) in [6, 6.07) is 0. The summed E-state index contributed by atoms with van der Waals surface area (Å²) >= 11 is 0. The molecule has 9 heteroatoms. The number of nitrogens with one attached hydrogen (secondary N) is 1. The molecular weight excluding hydrogens is 300 g/mol. The predicted octanol–water partition coefficient (Wildman–Crippen LogP) is 0.797. The highest BCUT2D eigenvalue weighted by atomic mass is 19.3. The first-order valence-corrected chi connectivity index (χ1v) is 6.72. The summed E-state index contributed by atoms with van der Waals surface area (Å²) in [6.07, 6.45) is -0.0399. The van der Waals surface area contributed by atoms with Crippen LogP contribution < -0.4 is 5.32 Å². The first-order chi connectivity index (χ1) is 10.3. The molecule has 2 N–H and O–H groups in total. The molecule has 1 aliphatic rings. The Morgan fingerprint density at radius 1 is 1.50 bits per heavy atom. The monoisotopic (exact) mass is 317 g/mol. The van der Waals surface area contributed by atoms with Crippen LogP contribution >= 0.6 is 0 Å². The highest BCUT2D eigenvalue weighted by Gasteiger charge is 2.44. The number of carboxylic acid groups (broad SMARTS) is 1. The molecule has 1 saturated heterocycles. The highest BCUT2D eigenvalue weighted by Crippen LogP contribution is 2.22. The number of carboxylic acids is 1. The number of carbonyl (C=O) groups excluding carboxylic acids is 1. The van der Waals surface area contributed by atoms with Crippen LogP contribution in [0.3, 0.4) is 0 Å². The number of rotatable bonds is 5. The van der Waals surface area contributed by atoms with Crippen molar-refractivity contribution in [2.45, 2.75) is 38.8 Å². The maximum atomic E-state index is 12.8. The quantitative estimate of drug-likeness (QED) is 0.838. The third-order valence-electron chi connectivity index (χ3n) is 3.81. The molecular formula is C13H17F2N3O4. The van der Waals surface area contributed by atoms with Crippen molar-refractivity contribution < 1.29 is 28.2 Å². The lowest BCUT2D eigenvalue weighted by molar-refractivity contribution is -0.147. The lowest BCUT2D eigenvalue weighted by Crippen LogP contribution is -2.55. The van der Waals surface area contributed by atoms with Gasteiger partial charge in [-0.05, 0) is 13.8 Å². The zero-order chi connectivity index (χ0) is 16.5. The first-order valence-electron chi connectivity index (χ1n) is 6.72. The van der Waals surface area contributed by atoms with Gasteiger partial charge in [-0.3, -0.25) is 4.79 Å². The third kappa shape index (κ3) is 2.94. The average molecular weight is 317 g/mol. The van der Waals surface area contributed by atoms with Gasteiger partial charge >= 0.3 is 12.5 Å². The van der Waals surface area contributed by atoms with Crippen molar-refractivity contribution in [3.8, 4) is 0 Å². The predicted molar refractivity (Wildman–Crippen MR) is 70.6 cm³/mol. The van der Waals surface area contributed by atoms with E-state index in [1.807, 2.05) is 0 Å². The van der Waals surface area contributed by atoms with Crippen LogP contribution in [0.5, 0.6) is 0 Å². The van der Waals surface area contributed by atoms with E-state index in [2.05, 4.69) is 10.4 Å². The van der Waals surface area contributed by atoms with E-state index in [9.17, 15) is 23.5 Å². The molecule has 7 nitrogen and oxygen atoms in total. The molecule has 1 atom stereocenters. The summed E-state index contributed by atoms with van der Waals surface area (Å²) in [5.41, 5.74) is -0.565. The van der Waals surface area contributed by atoms with Crippen LogP contribution in [0.4, 0.5) is 8.78 Å². The van der Waals surface area contributed by atoms with Crippen LogP contribution in [-0.4, -0.2) is 45.5 Å². The molecule has 1 aliphatic heterocycles. The van der Waals surface area contributed by atoms with E-state index in [1.165, 1.54) is 13.8 Å². The van der Waals surface area contributed by atoms with Crippen molar-refractivity contribution in [3.63, 3.8) is 0 Å². The van der Waals surface area contributed by atoms with E-state index in [4.69, 9.17) is 4.74 Å². The van der Waals surface area contributed by atoms with E-state index in [-0.39, 0.29) is 31.7 Å². The van der Waals surface area contributed by atoms with E-state index in [0.717, 1.165) is 0 Å². The zero-order valence-electron chi connectivity index (χ0n) is 12.2. The summed E-state index contributed by atoms with van der Waals surface area (Å²) in [6.45, 7) is 0.320. The van der Waals surface area contributed by atoms with Gasteiger partial charge < -0.3 is 15.2 Å². The molecule has 1 aromatic heterocycles. The average Bonchev–Trinajstić information content (AvgIpc) is 2.99. The molecule has 1 amide bonds. The number of nitrogens with zero attached hydrogens (tertiary/aromatic N) is 2. The van der Waals surface area contributed by atoms with Crippen LogP contribution in [0.15, 0.2) is 0 Å². The van der Waals surface area contributed by atoms with Crippen molar-refractivity contribution in [2.24, 2.45) is 0 Å². The minimum absolute atomic E-state index is 0.109. The maximum Gasteiger partial charge on any atom is 0.333 e. The first kappa shape index (κ1) is 16.3. The number of carbonyl (C=O) groups is 2. The summed E-state index contributed by atoms with van der Waals surface area (Å²) in [7, 11) is 0. The molecule has 22 heavy (non-hydrogen) atoms. The fraction of sp³-hybridized carbons (Fsp3) is 0.615.